The molecular formula is C15H18N2. The fraction of sp³-hybridized carbons (Fsp3) is 0.400. The molecule has 1 heterocycles. The standard InChI is InChI=1S/C15H18N2/c1-11-9-12(2)17(16-11)15-8-7-13-5-3-4-6-14(13)10-15/h7-10H,3-6H2,1-2H3. The fourth-order valence-electron chi connectivity index (χ4n) is 2.74. The van der Waals surface area contributed by atoms with E-state index in [0.717, 1.165) is 5.69 Å². The molecule has 1 aliphatic carbocycles. The average Bonchev–Trinajstić information content (AvgIpc) is 2.68. The summed E-state index contributed by atoms with van der Waals surface area (Å²) in [4.78, 5) is 0. The molecule has 0 radical (unpaired) electrons. The van der Waals surface area contributed by atoms with Gasteiger partial charge in [-0.05, 0) is 68.9 Å². The second-order valence-electron chi connectivity index (χ2n) is 5.00. The Labute approximate surface area is 102 Å². The molecular weight excluding hydrogens is 208 g/mol. The van der Waals surface area contributed by atoms with Gasteiger partial charge in [-0.15, -0.1) is 0 Å². The zero-order valence-corrected chi connectivity index (χ0v) is 10.5. The first-order valence-electron chi connectivity index (χ1n) is 6.39. The van der Waals surface area contributed by atoms with Crippen molar-refractivity contribution in [1.29, 1.82) is 0 Å². The fourth-order valence-corrected chi connectivity index (χ4v) is 2.74. The van der Waals surface area contributed by atoms with Gasteiger partial charge in [-0.2, -0.15) is 5.10 Å². The molecule has 2 heteroatoms. The molecule has 0 saturated carbocycles. The van der Waals surface area contributed by atoms with Crippen molar-refractivity contribution in [1.82, 2.24) is 9.78 Å². The summed E-state index contributed by atoms with van der Waals surface area (Å²) in [5.74, 6) is 0. The Bertz CT molecular complexity index is 552. The molecule has 0 unspecified atom stereocenters. The summed E-state index contributed by atoms with van der Waals surface area (Å²) in [6, 6.07) is 8.91. The highest BCUT2D eigenvalue weighted by molar-refractivity contribution is 5.42. The van der Waals surface area contributed by atoms with Gasteiger partial charge in [0, 0.05) is 5.69 Å². The topological polar surface area (TPSA) is 17.8 Å². The van der Waals surface area contributed by atoms with Gasteiger partial charge in [0.25, 0.3) is 0 Å². The summed E-state index contributed by atoms with van der Waals surface area (Å²) in [7, 11) is 0. The third-order valence-electron chi connectivity index (χ3n) is 3.59. The molecule has 0 N–H and O–H groups in total. The number of hydrogen-bond donors (Lipinski definition) is 0. The molecule has 0 amide bonds. The number of aryl methyl sites for hydroxylation is 4. The monoisotopic (exact) mass is 226 g/mol. The summed E-state index contributed by atoms with van der Waals surface area (Å²) in [6.45, 7) is 4.15. The third kappa shape index (κ3) is 1.88. The first-order valence-corrected chi connectivity index (χ1v) is 6.39. The van der Waals surface area contributed by atoms with Crippen molar-refractivity contribution >= 4 is 0 Å². The van der Waals surface area contributed by atoms with Gasteiger partial charge in [0.1, 0.15) is 0 Å². The number of hydrogen-bond acceptors (Lipinski definition) is 1. The van der Waals surface area contributed by atoms with Crippen molar-refractivity contribution in [2.75, 3.05) is 0 Å². The van der Waals surface area contributed by atoms with Crippen LogP contribution in [0.1, 0.15) is 35.4 Å². The Balaban J connectivity index is 2.06. The first-order chi connectivity index (χ1) is 8.24. The predicted molar refractivity (Wildman–Crippen MR) is 69.7 cm³/mol. The van der Waals surface area contributed by atoms with Crippen molar-refractivity contribution < 1.29 is 0 Å². The van der Waals surface area contributed by atoms with E-state index < -0.39 is 0 Å². The van der Waals surface area contributed by atoms with E-state index in [9.17, 15) is 0 Å². The van der Waals surface area contributed by atoms with Crippen LogP contribution in [0.15, 0.2) is 24.3 Å². The molecule has 3 rings (SSSR count). The summed E-state index contributed by atoms with van der Waals surface area (Å²) < 4.78 is 2.05. The maximum atomic E-state index is 4.55. The molecule has 0 aliphatic heterocycles. The van der Waals surface area contributed by atoms with Gasteiger partial charge >= 0.3 is 0 Å². The summed E-state index contributed by atoms with van der Waals surface area (Å²) in [6.07, 6.45) is 5.13. The molecule has 0 spiro atoms. The normalized spacial score (nSPS) is 14.7. The van der Waals surface area contributed by atoms with Crippen LogP contribution in [0, 0.1) is 13.8 Å². The molecule has 0 atom stereocenters. The van der Waals surface area contributed by atoms with Crippen molar-refractivity contribution in [3.05, 3.63) is 46.8 Å². The number of fused-ring (bicyclic) bond motifs is 1. The molecule has 17 heavy (non-hydrogen) atoms. The second-order valence-corrected chi connectivity index (χ2v) is 5.00. The van der Waals surface area contributed by atoms with E-state index in [1.54, 1.807) is 0 Å². The lowest BCUT2D eigenvalue weighted by Gasteiger charge is -2.16. The highest BCUT2D eigenvalue weighted by Crippen LogP contribution is 2.24. The van der Waals surface area contributed by atoms with Gasteiger partial charge in [0.05, 0.1) is 11.4 Å². The molecule has 1 aliphatic rings. The maximum Gasteiger partial charge on any atom is 0.0651 e. The van der Waals surface area contributed by atoms with Gasteiger partial charge < -0.3 is 0 Å². The highest BCUT2D eigenvalue weighted by Gasteiger charge is 2.11. The van der Waals surface area contributed by atoms with Crippen LogP contribution in [-0.2, 0) is 12.8 Å². The van der Waals surface area contributed by atoms with E-state index in [-0.39, 0.29) is 0 Å². The molecule has 1 aromatic heterocycles. The van der Waals surface area contributed by atoms with E-state index in [4.69, 9.17) is 0 Å². The van der Waals surface area contributed by atoms with Crippen molar-refractivity contribution in [2.24, 2.45) is 0 Å². The van der Waals surface area contributed by atoms with E-state index in [0.29, 0.717) is 0 Å². The SMILES string of the molecule is Cc1cc(C)n(-c2ccc3c(c2)CCCC3)n1. The molecule has 88 valence electrons. The molecule has 0 saturated heterocycles. The minimum absolute atomic E-state index is 1.08. The number of nitrogens with zero attached hydrogens (tertiary/aromatic N) is 2. The number of benzene rings is 1. The summed E-state index contributed by atoms with van der Waals surface area (Å²) in [5, 5.41) is 4.55. The molecule has 2 nitrogen and oxygen atoms in total. The zero-order chi connectivity index (χ0) is 11.8. The van der Waals surface area contributed by atoms with Gasteiger partial charge in [0.2, 0.25) is 0 Å². The highest BCUT2D eigenvalue weighted by atomic mass is 15.3. The molecule has 0 bridgehead atoms. The largest absolute Gasteiger partial charge is 0.238 e. The van der Waals surface area contributed by atoms with Gasteiger partial charge in [0.15, 0.2) is 0 Å². The van der Waals surface area contributed by atoms with Crippen molar-refractivity contribution in [3.63, 3.8) is 0 Å². The van der Waals surface area contributed by atoms with E-state index in [1.165, 1.54) is 48.2 Å². The Hall–Kier alpha value is -1.57. The number of aromatic nitrogens is 2. The van der Waals surface area contributed by atoms with E-state index >= 15 is 0 Å². The lowest BCUT2D eigenvalue weighted by atomic mass is 9.91. The Kier molecular flexibility index (Phi) is 2.50. The van der Waals surface area contributed by atoms with E-state index in [2.05, 4.69) is 36.3 Å². The lowest BCUT2D eigenvalue weighted by Crippen LogP contribution is -2.05. The van der Waals surface area contributed by atoms with Gasteiger partial charge in [-0.25, -0.2) is 4.68 Å². The quantitative estimate of drug-likeness (QED) is 0.729. The Morgan fingerprint density at radius 1 is 1.00 bits per heavy atom. The lowest BCUT2D eigenvalue weighted by molar-refractivity contribution is 0.683. The third-order valence-corrected chi connectivity index (χ3v) is 3.59. The van der Waals surface area contributed by atoms with Crippen LogP contribution in [0.4, 0.5) is 0 Å². The minimum atomic E-state index is 1.08. The van der Waals surface area contributed by atoms with Crippen LogP contribution in [0.3, 0.4) is 0 Å². The molecule has 0 fully saturated rings. The van der Waals surface area contributed by atoms with E-state index in [1.807, 2.05) is 11.6 Å². The van der Waals surface area contributed by atoms with Crippen LogP contribution in [-0.4, -0.2) is 9.78 Å². The van der Waals surface area contributed by atoms with Crippen molar-refractivity contribution in [2.45, 2.75) is 39.5 Å². The van der Waals surface area contributed by atoms with Crippen LogP contribution >= 0.6 is 0 Å². The van der Waals surface area contributed by atoms with Gasteiger partial charge in [-0.1, -0.05) is 6.07 Å². The zero-order valence-electron chi connectivity index (χ0n) is 10.5. The average molecular weight is 226 g/mol. The van der Waals surface area contributed by atoms with Gasteiger partial charge in [-0.3, -0.25) is 0 Å². The van der Waals surface area contributed by atoms with Crippen molar-refractivity contribution in [3.8, 4) is 5.69 Å². The Morgan fingerprint density at radius 2 is 1.76 bits per heavy atom. The predicted octanol–water partition coefficient (Wildman–Crippen LogP) is 3.37. The summed E-state index contributed by atoms with van der Waals surface area (Å²) >= 11 is 0. The van der Waals surface area contributed by atoms with Crippen LogP contribution in [0.5, 0.6) is 0 Å². The minimum Gasteiger partial charge on any atom is -0.238 e. The van der Waals surface area contributed by atoms with Crippen LogP contribution < -0.4 is 0 Å². The first kappa shape index (κ1) is 10.6. The Morgan fingerprint density at radius 3 is 2.47 bits per heavy atom. The maximum absolute atomic E-state index is 4.55. The molecule has 2 aromatic rings. The molecule has 1 aromatic carbocycles. The number of rotatable bonds is 1. The van der Waals surface area contributed by atoms with Crippen LogP contribution in [0.2, 0.25) is 0 Å². The van der Waals surface area contributed by atoms with Crippen LogP contribution in [0.25, 0.3) is 5.69 Å². The smallest absolute Gasteiger partial charge is 0.0651 e. The summed E-state index contributed by atoms with van der Waals surface area (Å²) in [5.41, 5.74) is 6.54. The second kappa shape index (κ2) is 4.02.